The second-order valence-electron chi connectivity index (χ2n) is 9.62. The van der Waals surface area contributed by atoms with Crippen LogP contribution in [0.1, 0.15) is 39.1 Å². The number of nitriles is 1. The number of aryl methyl sites for hydroxylation is 4. The van der Waals surface area contributed by atoms with E-state index in [1.807, 2.05) is 12.1 Å². The van der Waals surface area contributed by atoms with Crippen molar-refractivity contribution in [3.05, 3.63) is 105 Å². The minimum absolute atomic E-state index is 0.0102. The zero-order chi connectivity index (χ0) is 26.4. The summed E-state index contributed by atoms with van der Waals surface area (Å²) in [5, 5.41) is 10.1. The Morgan fingerprint density at radius 3 is 1.92 bits per heavy atom. The second kappa shape index (κ2) is 9.28. The Balaban J connectivity index is 1.69. The summed E-state index contributed by atoms with van der Waals surface area (Å²) in [6, 6.07) is 19.3. The molecule has 37 heavy (non-hydrogen) atoms. The Labute approximate surface area is 221 Å². The van der Waals surface area contributed by atoms with E-state index in [0.29, 0.717) is 5.76 Å². The van der Waals surface area contributed by atoms with Crippen molar-refractivity contribution in [3.8, 4) is 6.07 Å². The highest BCUT2D eigenvalue weighted by molar-refractivity contribution is 7.25. The van der Waals surface area contributed by atoms with Crippen LogP contribution < -0.4 is 4.90 Å². The second-order valence-corrected chi connectivity index (χ2v) is 10.7. The van der Waals surface area contributed by atoms with Gasteiger partial charge in [0.2, 0.25) is 0 Å². The van der Waals surface area contributed by atoms with Crippen LogP contribution in [0.15, 0.2) is 58.6 Å². The molecular weight excluding hydrogens is 474 g/mol. The van der Waals surface area contributed by atoms with Gasteiger partial charge in [-0.25, -0.2) is 10.1 Å². The molecule has 0 aliphatic heterocycles. The molecule has 4 nitrogen and oxygen atoms in total. The first-order valence-electron chi connectivity index (χ1n) is 12.1. The maximum atomic E-state index is 9.08. The molecule has 0 fully saturated rings. The van der Waals surface area contributed by atoms with E-state index in [1.54, 1.807) is 11.3 Å². The summed E-state index contributed by atoms with van der Waals surface area (Å²) in [7, 11) is 0. The van der Waals surface area contributed by atoms with Gasteiger partial charge in [-0.2, -0.15) is 0 Å². The number of hydrogen-bond acceptors (Lipinski definition) is 4. The van der Waals surface area contributed by atoms with Crippen molar-refractivity contribution < 1.29 is 4.42 Å². The monoisotopic (exact) mass is 501 g/mol. The maximum absolute atomic E-state index is 9.08. The van der Waals surface area contributed by atoms with Gasteiger partial charge in [-0.1, -0.05) is 0 Å². The minimum Gasteiger partial charge on any atom is -0.456 e. The number of benzene rings is 3. The molecule has 2 heterocycles. The molecule has 0 radical (unpaired) electrons. The Hall–Kier alpha value is -4.32. The standard InChI is InChI=1S/C32H27N3OS/c1-18-10-26(11-19(2)22(18)5)35(27-12-20(3)23(6)21(4)13-27)25-8-9-29-30(15-25)37-31-16-28(36-32(29)31)14-24(17-33)34-7/h8-16H,1-6H3/b24-14-. The number of anilines is 3. The van der Waals surface area contributed by atoms with Gasteiger partial charge in [0.1, 0.15) is 5.76 Å². The van der Waals surface area contributed by atoms with Gasteiger partial charge in [-0.15, -0.1) is 11.3 Å². The molecule has 0 atom stereocenters. The van der Waals surface area contributed by atoms with E-state index in [9.17, 15) is 0 Å². The van der Waals surface area contributed by atoms with Crippen molar-refractivity contribution in [2.45, 2.75) is 41.5 Å². The number of nitrogens with zero attached hydrogens (tertiary/aromatic N) is 3. The van der Waals surface area contributed by atoms with Gasteiger partial charge < -0.3 is 9.32 Å². The molecule has 3 aromatic carbocycles. The van der Waals surface area contributed by atoms with Crippen LogP contribution in [0.5, 0.6) is 0 Å². The summed E-state index contributed by atoms with van der Waals surface area (Å²) < 4.78 is 8.16. The third-order valence-electron chi connectivity index (χ3n) is 7.26. The summed E-state index contributed by atoms with van der Waals surface area (Å²) >= 11 is 1.65. The van der Waals surface area contributed by atoms with Crippen molar-refractivity contribution in [1.29, 1.82) is 5.26 Å². The highest BCUT2D eigenvalue weighted by Gasteiger charge is 2.18. The van der Waals surface area contributed by atoms with Gasteiger partial charge in [0.25, 0.3) is 5.70 Å². The third-order valence-corrected chi connectivity index (χ3v) is 8.34. The highest BCUT2D eigenvalue weighted by atomic mass is 32.1. The number of hydrogen-bond donors (Lipinski definition) is 0. The van der Waals surface area contributed by atoms with E-state index in [0.717, 1.165) is 37.4 Å². The summed E-state index contributed by atoms with van der Waals surface area (Å²) in [6.07, 6.45) is 1.49. The van der Waals surface area contributed by atoms with E-state index in [4.69, 9.17) is 16.3 Å². The van der Waals surface area contributed by atoms with Crippen molar-refractivity contribution in [3.63, 3.8) is 0 Å². The third kappa shape index (κ3) is 4.29. The van der Waals surface area contributed by atoms with Crippen LogP contribution in [-0.2, 0) is 0 Å². The van der Waals surface area contributed by atoms with Gasteiger partial charge >= 0.3 is 0 Å². The predicted octanol–water partition coefficient (Wildman–Crippen LogP) is 9.75. The van der Waals surface area contributed by atoms with E-state index in [1.165, 1.54) is 39.5 Å². The average Bonchev–Trinajstić information content (AvgIpc) is 3.41. The fourth-order valence-corrected chi connectivity index (χ4v) is 5.83. The lowest BCUT2D eigenvalue weighted by molar-refractivity contribution is 0.607. The molecule has 0 aliphatic carbocycles. The van der Waals surface area contributed by atoms with Crippen LogP contribution in [0, 0.1) is 59.4 Å². The Morgan fingerprint density at radius 2 is 1.41 bits per heavy atom. The van der Waals surface area contributed by atoms with E-state index in [-0.39, 0.29) is 5.70 Å². The molecule has 0 spiro atoms. The largest absolute Gasteiger partial charge is 0.456 e. The van der Waals surface area contributed by atoms with Crippen molar-refractivity contribution in [1.82, 2.24) is 0 Å². The van der Waals surface area contributed by atoms with Crippen LogP contribution >= 0.6 is 11.3 Å². The molecule has 0 aliphatic rings. The summed E-state index contributed by atoms with van der Waals surface area (Å²) in [5.41, 5.74) is 11.9. The zero-order valence-electron chi connectivity index (χ0n) is 21.9. The molecule has 5 aromatic rings. The van der Waals surface area contributed by atoms with Crippen LogP contribution in [0.4, 0.5) is 17.1 Å². The summed E-state index contributed by atoms with van der Waals surface area (Å²) in [6.45, 7) is 20.1. The van der Waals surface area contributed by atoms with Crippen molar-refractivity contribution in [2.75, 3.05) is 4.90 Å². The number of furan rings is 1. The molecule has 0 saturated carbocycles. The van der Waals surface area contributed by atoms with Gasteiger partial charge in [0.05, 0.1) is 17.3 Å². The Bertz CT molecular complexity index is 1700. The first kappa shape index (κ1) is 24.4. The van der Waals surface area contributed by atoms with Crippen LogP contribution in [0.2, 0.25) is 0 Å². The summed E-state index contributed by atoms with van der Waals surface area (Å²) in [4.78, 5) is 5.57. The number of allylic oxidation sites excluding steroid dienone is 1. The molecule has 0 unspecified atom stereocenters. The SMILES string of the molecule is [C-]#[N+]/C(C#N)=C\c1cc2sc3cc(N(c4cc(C)c(C)c(C)c4)c4cc(C)c(C)c(C)c4)ccc3c2o1. The van der Waals surface area contributed by atoms with Crippen LogP contribution in [0.25, 0.3) is 31.3 Å². The van der Waals surface area contributed by atoms with E-state index in [2.05, 4.69) is 93.8 Å². The zero-order valence-corrected chi connectivity index (χ0v) is 22.7. The quantitative estimate of drug-likeness (QED) is 0.182. The number of fused-ring (bicyclic) bond motifs is 3. The van der Waals surface area contributed by atoms with E-state index >= 15 is 0 Å². The molecule has 5 rings (SSSR count). The Kier molecular flexibility index (Phi) is 6.12. The Morgan fingerprint density at radius 1 is 0.838 bits per heavy atom. The first-order chi connectivity index (χ1) is 17.7. The molecule has 0 amide bonds. The predicted molar refractivity (Wildman–Crippen MR) is 155 cm³/mol. The topological polar surface area (TPSA) is 44.5 Å². The normalized spacial score (nSPS) is 11.6. The molecule has 0 saturated heterocycles. The van der Waals surface area contributed by atoms with Gasteiger partial charge in [-0.3, -0.25) is 0 Å². The molecule has 0 bridgehead atoms. The summed E-state index contributed by atoms with van der Waals surface area (Å²) in [5.74, 6) is 0.526. The molecular formula is C32H27N3OS. The molecule has 182 valence electrons. The van der Waals surface area contributed by atoms with Crippen LogP contribution in [-0.4, -0.2) is 0 Å². The van der Waals surface area contributed by atoms with Gasteiger partial charge in [0, 0.05) is 33.2 Å². The lowest BCUT2D eigenvalue weighted by Gasteiger charge is -2.28. The molecule has 5 heteroatoms. The van der Waals surface area contributed by atoms with Gasteiger partial charge in [-0.05, 0) is 123 Å². The fraction of sp³-hybridized carbons (Fsp3) is 0.188. The number of thiophene rings is 1. The lowest BCUT2D eigenvalue weighted by atomic mass is 10.00. The minimum atomic E-state index is 0.0102. The van der Waals surface area contributed by atoms with Crippen LogP contribution in [0.3, 0.4) is 0 Å². The number of rotatable bonds is 4. The highest BCUT2D eigenvalue weighted by Crippen LogP contribution is 2.43. The smallest absolute Gasteiger partial charge is 0.265 e. The molecule has 2 aromatic heterocycles. The molecule has 0 N–H and O–H groups in total. The lowest BCUT2D eigenvalue weighted by Crippen LogP contribution is -2.11. The first-order valence-corrected chi connectivity index (χ1v) is 12.9. The maximum Gasteiger partial charge on any atom is 0.265 e. The average molecular weight is 502 g/mol. The van der Waals surface area contributed by atoms with Crippen molar-refractivity contribution >= 4 is 54.8 Å². The van der Waals surface area contributed by atoms with Crippen molar-refractivity contribution in [2.24, 2.45) is 0 Å². The van der Waals surface area contributed by atoms with Gasteiger partial charge in [0.15, 0.2) is 5.58 Å². The fourth-order valence-electron chi connectivity index (χ4n) is 4.72. The van der Waals surface area contributed by atoms with E-state index < -0.39 is 0 Å².